The highest BCUT2D eigenvalue weighted by Crippen LogP contribution is 2.17. The van der Waals surface area contributed by atoms with Crippen molar-refractivity contribution in [3.8, 4) is 0 Å². The smallest absolute Gasteiger partial charge is 0.162 e. The molecule has 1 saturated heterocycles. The Morgan fingerprint density at radius 2 is 2.12 bits per heavy atom. The molecule has 2 heteroatoms. The molecule has 2 rings (SSSR count). The van der Waals surface area contributed by atoms with Crippen LogP contribution in [-0.4, -0.2) is 18.9 Å². The van der Waals surface area contributed by atoms with E-state index in [9.17, 15) is 4.79 Å². The van der Waals surface area contributed by atoms with Crippen LogP contribution in [0.25, 0.3) is 0 Å². The Kier molecular flexibility index (Phi) is 4.11. The summed E-state index contributed by atoms with van der Waals surface area (Å²) in [5, 5.41) is 3.39. The summed E-state index contributed by atoms with van der Waals surface area (Å²) in [6.45, 7) is 2.23. The van der Waals surface area contributed by atoms with E-state index in [4.69, 9.17) is 0 Å². The van der Waals surface area contributed by atoms with Crippen LogP contribution in [0.1, 0.15) is 36.0 Å². The van der Waals surface area contributed by atoms with Gasteiger partial charge >= 0.3 is 0 Å². The highest BCUT2D eigenvalue weighted by molar-refractivity contribution is 5.95. The van der Waals surface area contributed by atoms with Gasteiger partial charge in [-0.2, -0.15) is 0 Å². The van der Waals surface area contributed by atoms with Crippen molar-refractivity contribution in [1.82, 2.24) is 5.32 Å². The average Bonchev–Trinajstić information content (AvgIpc) is 2.38. The zero-order valence-electron chi connectivity index (χ0n) is 9.61. The van der Waals surface area contributed by atoms with Gasteiger partial charge in [0.15, 0.2) is 5.78 Å². The van der Waals surface area contributed by atoms with Gasteiger partial charge in [-0.15, -0.1) is 0 Å². The zero-order valence-corrected chi connectivity index (χ0v) is 9.61. The largest absolute Gasteiger partial charge is 0.316 e. The molecule has 1 N–H and O–H groups in total. The van der Waals surface area contributed by atoms with Crippen molar-refractivity contribution in [2.45, 2.75) is 25.7 Å². The Morgan fingerprint density at radius 3 is 2.81 bits per heavy atom. The van der Waals surface area contributed by atoms with Crippen LogP contribution in [0.4, 0.5) is 0 Å². The first-order valence-corrected chi connectivity index (χ1v) is 6.15. The molecule has 1 atom stereocenters. The molecular formula is C14H19NO. The Morgan fingerprint density at radius 1 is 1.31 bits per heavy atom. The van der Waals surface area contributed by atoms with Gasteiger partial charge in [0, 0.05) is 12.0 Å². The van der Waals surface area contributed by atoms with Crippen molar-refractivity contribution >= 4 is 5.78 Å². The van der Waals surface area contributed by atoms with Crippen molar-refractivity contribution in [3.05, 3.63) is 35.9 Å². The van der Waals surface area contributed by atoms with Crippen molar-refractivity contribution in [2.75, 3.05) is 13.1 Å². The third kappa shape index (κ3) is 3.17. The Hall–Kier alpha value is -1.15. The van der Waals surface area contributed by atoms with E-state index in [1.54, 1.807) is 0 Å². The lowest BCUT2D eigenvalue weighted by Gasteiger charge is -2.22. The molecule has 0 bridgehead atoms. The van der Waals surface area contributed by atoms with Gasteiger partial charge in [-0.25, -0.2) is 0 Å². The topological polar surface area (TPSA) is 29.1 Å². The highest BCUT2D eigenvalue weighted by Gasteiger charge is 2.14. The molecule has 1 aromatic carbocycles. The van der Waals surface area contributed by atoms with E-state index in [-0.39, 0.29) is 5.78 Å². The quantitative estimate of drug-likeness (QED) is 0.786. The maximum Gasteiger partial charge on any atom is 0.162 e. The SMILES string of the molecule is O=C(CC[C@@H]1CCCNC1)c1ccccc1. The molecule has 16 heavy (non-hydrogen) atoms. The molecular weight excluding hydrogens is 198 g/mol. The number of carbonyl (C=O) groups is 1. The first-order valence-electron chi connectivity index (χ1n) is 6.15. The number of hydrogen-bond donors (Lipinski definition) is 1. The molecule has 86 valence electrons. The number of ketones is 1. The van der Waals surface area contributed by atoms with E-state index in [0.717, 1.165) is 25.1 Å². The zero-order chi connectivity index (χ0) is 11.2. The molecule has 1 aromatic rings. The van der Waals surface area contributed by atoms with Gasteiger partial charge in [0.05, 0.1) is 0 Å². The van der Waals surface area contributed by atoms with E-state index in [1.807, 2.05) is 30.3 Å². The van der Waals surface area contributed by atoms with Crippen molar-refractivity contribution in [1.29, 1.82) is 0 Å². The highest BCUT2D eigenvalue weighted by atomic mass is 16.1. The average molecular weight is 217 g/mol. The second-order valence-corrected chi connectivity index (χ2v) is 4.54. The Balaban J connectivity index is 1.79. The van der Waals surface area contributed by atoms with Gasteiger partial charge in [-0.05, 0) is 38.3 Å². The summed E-state index contributed by atoms with van der Waals surface area (Å²) in [6, 6.07) is 9.61. The van der Waals surface area contributed by atoms with E-state index in [1.165, 1.54) is 12.8 Å². The summed E-state index contributed by atoms with van der Waals surface area (Å²) < 4.78 is 0. The number of rotatable bonds is 4. The van der Waals surface area contributed by atoms with Gasteiger partial charge in [0.2, 0.25) is 0 Å². The van der Waals surface area contributed by atoms with Gasteiger partial charge < -0.3 is 5.32 Å². The number of hydrogen-bond acceptors (Lipinski definition) is 2. The summed E-state index contributed by atoms with van der Waals surface area (Å²) in [7, 11) is 0. The lowest BCUT2D eigenvalue weighted by atomic mass is 9.92. The fourth-order valence-electron chi connectivity index (χ4n) is 2.27. The van der Waals surface area contributed by atoms with Gasteiger partial charge in [-0.3, -0.25) is 4.79 Å². The predicted octanol–water partition coefficient (Wildman–Crippen LogP) is 2.65. The minimum atomic E-state index is 0.283. The van der Waals surface area contributed by atoms with Crippen LogP contribution in [0.5, 0.6) is 0 Å². The van der Waals surface area contributed by atoms with E-state index in [2.05, 4.69) is 5.32 Å². The van der Waals surface area contributed by atoms with Crippen LogP contribution in [0.15, 0.2) is 30.3 Å². The lowest BCUT2D eigenvalue weighted by Crippen LogP contribution is -2.30. The molecule has 1 aliphatic rings. The van der Waals surface area contributed by atoms with Crippen LogP contribution in [-0.2, 0) is 0 Å². The summed E-state index contributed by atoms with van der Waals surface area (Å²) >= 11 is 0. The van der Waals surface area contributed by atoms with Crippen LogP contribution in [0, 0.1) is 5.92 Å². The minimum absolute atomic E-state index is 0.283. The van der Waals surface area contributed by atoms with Crippen LogP contribution in [0.3, 0.4) is 0 Å². The lowest BCUT2D eigenvalue weighted by molar-refractivity contribution is 0.0971. The normalized spacial score (nSPS) is 20.6. The minimum Gasteiger partial charge on any atom is -0.316 e. The molecule has 0 aliphatic carbocycles. The molecule has 0 aromatic heterocycles. The molecule has 2 nitrogen and oxygen atoms in total. The van der Waals surface area contributed by atoms with Crippen molar-refractivity contribution in [3.63, 3.8) is 0 Å². The molecule has 0 spiro atoms. The number of Topliss-reactive ketones (excluding diaryl/α,β-unsaturated/α-hetero) is 1. The van der Waals surface area contributed by atoms with Crippen molar-refractivity contribution < 1.29 is 4.79 Å². The second kappa shape index (κ2) is 5.80. The summed E-state index contributed by atoms with van der Waals surface area (Å²) in [5.74, 6) is 0.979. The third-order valence-corrected chi connectivity index (χ3v) is 3.27. The fourth-order valence-corrected chi connectivity index (χ4v) is 2.27. The first-order chi connectivity index (χ1) is 7.86. The van der Waals surface area contributed by atoms with E-state index >= 15 is 0 Å². The number of benzene rings is 1. The van der Waals surface area contributed by atoms with Gasteiger partial charge in [-0.1, -0.05) is 30.3 Å². The number of piperidine rings is 1. The standard InChI is InChI=1S/C14H19NO/c16-14(13-6-2-1-3-7-13)9-8-12-5-4-10-15-11-12/h1-3,6-7,12,15H,4-5,8-11H2/t12-/m0/s1. The maximum absolute atomic E-state index is 11.9. The summed E-state index contributed by atoms with van der Waals surface area (Å²) in [5.41, 5.74) is 0.853. The summed E-state index contributed by atoms with van der Waals surface area (Å²) in [4.78, 5) is 11.9. The van der Waals surface area contributed by atoms with Crippen LogP contribution < -0.4 is 5.32 Å². The van der Waals surface area contributed by atoms with Gasteiger partial charge in [0.1, 0.15) is 0 Å². The van der Waals surface area contributed by atoms with E-state index in [0.29, 0.717) is 12.3 Å². The Bertz CT molecular complexity index is 328. The molecule has 0 radical (unpaired) electrons. The number of carbonyl (C=O) groups excluding carboxylic acids is 1. The number of nitrogens with one attached hydrogen (secondary N) is 1. The monoisotopic (exact) mass is 217 g/mol. The van der Waals surface area contributed by atoms with E-state index < -0.39 is 0 Å². The molecule has 1 heterocycles. The maximum atomic E-state index is 11.9. The molecule has 1 fully saturated rings. The molecule has 0 unspecified atom stereocenters. The molecule has 0 saturated carbocycles. The molecule has 1 aliphatic heterocycles. The summed E-state index contributed by atoms with van der Waals surface area (Å²) in [6.07, 6.45) is 4.25. The third-order valence-electron chi connectivity index (χ3n) is 3.27. The van der Waals surface area contributed by atoms with Crippen molar-refractivity contribution in [2.24, 2.45) is 5.92 Å². The fraction of sp³-hybridized carbons (Fsp3) is 0.500. The van der Waals surface area contributed by atoms with Crippen LogP contribution in [0.2, 0.25) is 0 Å². The second-order valence-electron chi connectivity index (χ2n) is 4.54. The first kappa shape index (κ1) is 11.3. The predicted molar refractivity (Wildman–Crippen MR) is 65.6 cm³/mol. The van der Waals surface area contributed by atoms with Crippen LogP contribution >= 0.6 is 0 Å². The molecule has 0 amide bonds. The van der Waals surface area contributed by atoms with Gasteiger partial charge in [0.25, 0.3) is 0 Å². The Labute approximate surface area is 97.1 Å².